The lowest BCUT2D eigenvalue weighted by atomic mass is 10.0. The Balaban J connectivity index is 1.14. The van der Waals surface area contributed by atoms with Crippen LogP contribution in [0.2, 0.25) is 0 Å². The molecule has 0 saturated carbocycles. The smallest absolute Gasteiger partial charge is 0.137 e. The molecule has 2 heterocycles. The van der Waals surface area contributed by atoms with Gasteiger partial charge in [0.25, 0.3) is 0 Å². The van der Waals surface area contributed by atoms with Crippen molar-refractivity contribution in [2.45, 2.75) is 0 Å². The topological polar surface area (TPSA) is 29.3 Å². The summed E-state index contributed by atoms with van der Waals surface area (Å²) >= 11 is 1.72. The summed E-state index contributed by atoms with van der Waals surface area (Å²) < 4.78 is 7.74. The first-order chi connectivity index (χ1) is 24.3. The summed E-state index contributed by atoms with van der Waals surface area (Å²) in [5, 5.41) is 8.19. The van der Waals surface area contributed by atoms with Crippen LogP contribution in [0.1, 0.15) is 0 Å². The van der Waals surface area contributed by atoms with E-state index in [2.05, 4.69) is 169 Å². The third-order valence-corrected chi connectivity index (χ3v) is 10.6. The summed E-state index contributed by atoms with van der Waals surface area (Å²) in [7, 11) is 0. The second kappa shape index (κ2) is 11.2. The highest BCUT2D eigenvalue weighted by molar-refractivity contribution is 7.22. The van der Waals surface area contributed by atoms with E-state index in [1.54, 1.807) is 11.3 Å². The minimum atomic E-state index is 0.854. The normalized spacial score (nSPS) is 11.7. The van der Waals surface area contributed by atoms with E-state index in [0.717, 1.165) is 59.8 Å². The van der Waals surface area contributed by atoms with Crippen LogP contribution in [0, 0.1) is 0 Å². The van der Waals surface area contributed by atoms with E-state index in [0.29, 0.717) is 0 Å². The predicted molar refractivity (Wildman–Crippen MR) is 207 cm³/mol. The van der Waals surface area contributed by atoms with Crippen molar-refractivity contribution in [3.8, 4) is 21.7 Å². The number of benzene rings is 8. The number of hydrogen-bond acceptors (Lipinski definition) is 4. The van der Waals surface area contributed by atoms with Gasteiger partial charge in [0.2, 0.25) is 0 Å². The van der Waals surface area contributed by atoms with Gasteiger partial charge in [-0.2, -0.15) is 0 Å². The number of hydrogen-bond donors (Lipinski definition) is 0. The Labute approximate surface area is 286 Å². The highest BCUT2D eigenvalue weighted by atomic mass is 32.1. The van der Waals surface area contributed by atoms with Gasteiger partial charge in [0, 0.05) is 39.5 Å². The molecule has 49 heavy (non-hydrogen) atoms. The molecule has 0 aliphatic rings. The average Bonchev–Trinajstić information content (AvgIpc) is 3.77. The van der Waals surface area contributed by atoms with Gasteiger partial charge in [-0.3, -0.25) is 0 Å². The van der Waals surface area contributed by atoms with Crippen LogP contribution in [0.4, 0.5) is 17.1 Å². The number of furan rings is 1. The molecule has 0 unspecified atom stereocenters. The third kappa shape index (κ3) is 4.68. The lowest BCUT2D eigenvalue weighted by Gasteiger charge is -2.26. The van der Waals surface area contributed by atoms with Crippen molar-refractivity contribution in [2.75, 3.05) is 4.90 Å². The molecule has 3 nitrogen and oxygen atoms in total. The first kappa shape index (κ1) is 27.8. The van der Waals surface area contributed by atoms with Gasteiger partial charge >= 0.3 is 0 Å². The zero-order valence-electron chi connectivity index (χ0n) is 26.4. The van der Waals surface area contributed by atoms with E-state index in [1.165, 1.54) is 32.7 Å². The van der Waals surface area contributed by atoms with E-state index < -0.39 is 0 Å². The van der Waals surface area contributed by atoms with Crippen molar-refractivity contribution in [3.05, 3.63) is 170 Å². The second-order valence-electron chi connectivity index (χ2n) is 12.4. The number of nitrogens with zero attached hydrogens (tertiary/aromatic N) is 2. The van der Waals surface area contributed by atoms with Crippen LogP contribution in [0.15, 0.2) is 174 Å². The fraction of sp³-hybridized carbons (Fsp3) is 0. The SMILES string of the molecule is c1ccc(-c2ccc(N(c3ccc4c(ccc5ccccc54)c3)c3ccc4c(c3)oc3ccc5nc(-c6ccccc6)sc5c34)cc2)cc1. The third-order valence-electron chi connectivity index (χ3n) is 9.47. The molecule has 0 aliphatic heterocycles. The van der Waals surface area contributed by atoms with Crippen molar-refractivity contribution in [2.24, 2.45) is 0 Å². The van der Waals surface area contributed by atoms with Crippen LogP contribution >= 0.6 is 11.3 Å². The molecular weight excluding hydrogens is 617 g/mol. The largest absolute Gasteiger partial charge is 0.456 e. The summed E-state index contributed by atoms with van der Waals surface area (Å²) in [6.45, 7) is 0. The van der Waals surface area contributed by atoms with Gasteiger partial charge in [-0.25, -0.2) is 4.98 Å². The van der Waals surface area contributed by atoms with Gasteiger partial charge in [-0.1, -0.05) is 115 Å². The highest BCUT2D eigenvalue weighted by Gasteiger charge is 2.19. The maximum atomic E-state index is 6.59. The summed E-state index contributed by atoms with van der Waals surface area (Å²) in [6.07, 6.45) is 0. The fourth-order valence-corrected chi connectivity index (χ4v) is 8.22. The summed E-state index contributed by atoms with van der Waals surface area (Å²) in [5.41, 5.74) is 9.43. The van der Waals surface area contributed by atoms with Crippen LogP contribution in [0.3, 0.4) is 0 Å². The van der Waals surface area contributed by atoms with E-state index in [9.17, 15) is 0 Å². The minimum absolute atomic E-state index is 0.854. The van der Waals surface area contributed by atoms with Gasteiger partial charge in [-0.15, -0.1) is 11.3 Å². The maximum absolute atomic E-state index is 6.59. The molecule has 2 aromatic heterocycles. The summed E-state index contributed by atoms with van der Waals surface area (Å²) in [6, 6.07) is 60.3. The zero-order chi connectivity index (χ0) is 32.3. The Morgan fingerprint density at radius 1 is 0.449 bits per heavy atom. The molecule has 0 spiro atoms. The van der Waals surface area contributed by atoms with Crippen molar-refractivity contribution in [3.63, 3.8) is 0 Å². The molecule has 0 aliphatic carbocycles. The molecule has 0 saturated heterocycles. The Hall–Kier alpha value is -6.23. The van der Waals surface area contributed by atoms with Crippen molar-refractivity contribution >= 4 is 82.1 Å². The quantitative estimate of drug-likeness (QED) is 0.175. The summed E-state index contributed by atoms with van der Waals surface area (Å²) in [5.74, 6) is 0. The number of anilines is 3. The Bertz CT molecular complexity index is 2820. The molecular formula is C45H28N2OS. The maximum Gasteiger partial charge on any atom is 0.137 e. The number of fused-ring (bicyclic) bond motifs is 8. The molecule has 0 amide bonds. The molecule has 0 bridgehead atoms. The second-order valence-corrected chi connectivity index (χ2v) is 13.4. The van der Waals surface area contributed by atoms with E-state index in [1.807, 2.05) is 6.07 Å². The fourth-order valence-electron chi connectivity index (χ4n) is 7.10. The van der Waals surface area contributed by atoms with Crippen LogP contribution in [0.5, 0.6) is 0 Å². The van der Waals surface area contributed by atoms with Crippen LogP contribution < -0.4 is 4.90 Å². The molecule has 0 N–H and O–H groups in total. The Morgan fingerprint density at radius 2 is 1.08 bits per heavy atom. The number of rotatable bonds is 5. The standard InChI is InChI=1S/C45H28N2OS/c1-3-9-29(10-4-1)30-17-19-34(20-18-30)47(35-21-23-38-33(27-35)16-15-31-11-7-8-14-37(31)38)36-22-24-39-42(28-36)48-41-26-25-40-44(43(39)41)49-45(46-40)32-12-5-2-6-13-32/h1-28H. The molecule has 8 aromatic carbocycles. The van der Waals surface area contributed by atoms with Crippen molar-refractivity contribution in [1.82, 2.24) is 4.98 Å². The Morgan fingerprint density at radius 3 is 1.90 bits per heavy atom. The molecule has 10 aromatic rings. The monoisotopic (exact) mass is 644 g/mol. The van der Waals surface area contributed by atoms with E-state index in [4.69, 9.17) is 9.40 Å². The van der Waals surface area contributed by atoms with Crippen LogP contribution in [-0.4, -0.2) is 4.98 Å². The molecule has 10 rings (SSSR count). The van der Waals surface area contributed by atoms with Gasteiger partial charge in [0.05, 0.1) is 10.2 Å². The molecule has 4 heteroatoms. The Kier molecular flexibility index (Phi) is 6.36. The molecule has 0 fully saturated rings. The molecule has 0 radical (unpaired) electrons. The number of aromatic nitrogens is 1. The zero-order valence-corrected chi connectivity index (χ0v) is 27.2. The predicted octanol–water partition coefficient (Wildman–Crippen LogP) is 13.3. The lowest BCUT2D eigenvalue weighted by Crippen LogP contribution is -2.09. The summed E-state index contributed by atoms with van der Waals surface area (Å²) in [4.78, 5) is 7.31. The first-order valence-electron chi connectivity index (χ1n) is 16.5. The van der Waals surface area contributed by atoms with Crippen LogP contribution in [0.25, 0.3) is 75.4 Å². The average molecular weight is 645 g/mol. The minimum Gasteiger partial charge on any atom is -0.456 e. The van der Waals surface area contributed by atoms with E-state index >= 15 is 0 Å². The molecule has 0 atom stereocenters. The highest BCUT2D eigenvalue weighted by Crippen LogP contribution is 2.43. The number of thiazole rings is 1. The first-order valence-corrected chi connectivity index (χ1v) is 17.3. The van der Waals surface area contributed by atoms with Gasteiger partial charge in [0.15, 0.2) is 0 Å². The van der Waals surface area contributed by atoms with Gasteiger partial charge in [0.1, 0.15) is 16.2 Å². The lowest BCUT2D eigenvalue weighted by molar-refractivity contribution is 0.669. The van der Waals surface area contributed by atoms with Gasteiger partial charge < -0.3 is 9.32 Å². The van der Waals surface area contributed by atoms with Gasteiger partial charge in [-0.05, 0) is 81.2 Å². The van der Waals surface area contributed by atoms with E-state index in [-0.39, 0.29) is 0 Å². The molecule has 230 valence electrons. The van der Waals surface area contributed by atoms with Crippen molar-refractivity contribution < 1.29 is 4.42 Å². The van der Waals surface area contributed by atoms with Crippen LogP contribution in [-0.2, 0) is 0 Å². The van der Waals surface area contributed by atoms with Crippen molar-refractivity contribution in [1.29, 1.82) is 0 Å².